The fraction of sp³-hybridized carbons (Fsp3) is 0.0769. The number of carbonyl (C=O) groups excluding carboxylic acids is 1. The second-order valence-electron chi connectivity index (χ2n) is 7.16. The summed E-state index contributed by atoms with van der Waals surface area (Å²) in [5.41, 5.74) is 4.31. The molecule has 0 spiro atoms. The van der Waals surface area contributed by atoms with E-state index in [0.717, 1.165) is 26.4 Å². The van der Waals surface area contributed by atoms with E-state index in [2.05, 4.69) is 26.5 Å². The van der Waals surface area contributed by atoms with Crippen molar-refractivity contribution in [2.75, 3.05) is 6.61 Å². The Balaban J connectivity index is 1.47. The van der Waals surface area contributed by atoms with E-state index < -0.39 is 0 Å². The molecule has 0 radical (unpaired) electrons. The van der Waals surface area contributed by atoms with Gasteiger partial charge >= 0.3 is 0 Å². The third kappa shape index (κ3) is 6.34. The molecule has 0 saturated carbocycles. The number of nitrogens with zero attached hydrogens (tertiary/aromatic N) is 1. The van der Waals surface area contributed by atoms with Crippen LogP contribution in [-0.4, -0.2) is 18.7 Å². The summed E-state index contributed by atoms with van der Waals surface area (Å²) in [6, 6.07) is 26.6. The average molecular weight is 524 g/mol. The number of hydrazone groups is 1. The van der Waals surface area contributed by atoms with Crippen LogP contribution in [0.3, 0.4) is 0 Å². The van der Waals surface area contributed by atoms with Gasteiger partial charge in [-0.3, -0.25) is 4.79 Å². The average Bonchev–Trinajstić information content (AvgIpc) is 2.82. The number of rotatable bonds is 8. The maximum absolute atomic E-state index is 12.2. The van der Waals surface area contributed by atoms with E-state index in [1.807, 2.05) is 60.7 Å². The molecule has 0 aromatic heterocycles. The molecule has 5 nitrogen and oxygen atoms in total. The molecule has 1 amide bonds. The summed E-state index contributed by atoms with van der Waals surface area (Å²) >= 11 is 9.41. The van der Waals surface area contributed by atoms with Crippen molar-refractivity contribution in [2.24, 2.45) is 5.10 Å². The van der Waals surface area contributed by atoms with Crippen LogP contribution in [0.15, 0.2) is 94.5 Å². The third-order valence-corrected chi connectivity index (χ3v) is 5.49. The van der Waals surface area contributed by atoms with E-state index in [0.29, 0.717) is 23.1 Å². The highest BCUT2D eigenvalue weighted by Crippen LogP contribution is 2.27. The molecule has 1 N–H and O–H groups in total. The van der Waals surface area contributed by atoms with Crippen molar-refractivity contribution < 1.29 is 14.3 Å². The molecule has 4 aromatic rings. The van der Waals surface area contributed by atoms with Crippen molar-refractivity contribution in [1.29, 1.82) is 0 Å². The number of hydrogen-bond acceptors (Lipinski definition) is 4. The lowest BCUT2D eigenvalue weighted by Gasteiger charge is -2.12. The predicted molar refractivity (Wildman–Crippen MR) is 135 cm³/mol. The number of carbonyl (C=O) groups is 1. The summed E-state index contributed by atoms with van der Waals surface area (Å²) in [6.45, 7) is 0.220. The van der Waals surface area contributed by atoms with E-state index in [-0.39, 0.29) is 12.5 Å². The number of hydrogen-bond donors (Lipinski definition) is 1. The molecule has 4 rings (SSSR count). The highest BCUT2D eigenvalue weighted by atomic mass is 79.9. The highest BCUT2D eigenvalue weighted by Gasteiger charge is 2.09. The van der Waals surface area contributed by atoms with Gasteiger partial charge in [0.15, 0.2) is 6.61 Å². The van der Waals surface area contributed by atoms with Gasteiger partial charge in [0.25, 0.3) is 5.91 Å². The van der Waals surface area contributed by atoms with Crippen LogP contribution in [-0.2, 0) is 11.4 Å². The van der Waals surface area contributed by atoms with Crippen molar-refractivity contribution in [3.63, 3.8) is 0 Å². The smallest absolute Gasteiger partial charge is 0.277 e. The van der Waals surface area contributed by atoms with Gasteiger partial charge in [0.05, 0.1) is 6.21 Å². The summed E-state index contributed by atoms with van der Waals surface area (Å²) < 4.78 is 12.5. The molecular formula is C26H20BrClN2O3. The monoisotopic (exact) mass is 522 g/mol. The van der Waals surface area contributed by atoms with Crippen LogP contribution in [0.5, 0.6) is 11.5 Å². The zero-order chi connectivity index (χ0) is 23.0. The Morgan fingerprint density at radius 3 is 2.67 bits per heavy atom. The van der Waals surface area contributed by atoms with Crippen LogP contribution in [0.4, 0.5) is 0 Å². The van der Waals surface area contributed by atoms with Crippen LogP contribution in [0.2, 0.25) is 5.02 Å². The van der Waals surface area contributed by atoms with E-state index >= 15 is 0 Å². The minimum Gasteiger partial charge on any atom is -0.488 e. The Morgan fingerprint density at radius 1 is 0.970 bits per heavy atom. The van der Waals surface area contributed by atoms with Crippen molar-refractivity contribution in [1.82, 2.24) is 5.43 Å². The van der Waals surface area contributed by atoms with Gasteiger partial charge in [-0.1, -0.05) is 76.1 Å². The van der Waals surface area contributed by atoms with E-state index in [9.17, 15) is 4.79 Å². The van der Waals surface area contributed by atoms with Gasteiger partial charge in [0, 0.05) is 15.1 Å². The van der Waals surface area contributed by atoms with Crippen LogP contribution < -0.4 is 14.9 Å². The SMILES string of the molecule is O=C(COc1cccc(Cl)c1)N/N=C\c1c(OCc2cccc(Br)c2)ccc2ccccc12. The predicted octanol–water partition coefficient (Wildman–Crippen LogP) is 6.36. The van der Waals surface area contributed by atoms with Gasteiger partial charge in [-0.25, -0.2) is 5.43 Å². The van der Waals surface area contributed by atoms with Crippen molar-refractivity contribution in [3.05, 3.63) is 106 Å². The molecule has 4 aromatic carbocycles. The lowest BCUT2D eigenvalue weighted by Crippen LogP contribution is -2.24. The Kier molecular flexibility index (Phi) is 7.60. The molecule has 0 aliphatic carbocycles. The molecule has 0 aliphatic rings. The van der Waals surface area contributed by atoms with E-state index in [1.165, 1.54) is 0 Å². The first-order valence-electron chi connectivity index (χ1n) is 10.2. The van der Waals surface area contributed by atoms with Crippen LogP contribution >= 0.6 is 27.5 Å². The minimum absolute atomic E-state index is 0.181. The molecule has 0 bridgehead atoms. The maximum atomic E-state index is 12.2. The van der Waals surface area contributed by atoms with Crippen molar-refractivity contribution >= 4 is 50.4 Å². The van der Waals surface area contributed by atoms with Gasteiger partial charge in [-0.05, 0) is 52.7 Å². The number of ether oxygens (including phenoxy) is 2. The number of amides is 1. The van der Waals surface area contributed by atoms with Crippen molar-refractivity contribution in [2.45, 2.75) is 6.61 Å². The molecule has 166 valence electrons. The second kappa shape index (κ2) is 11.0. The number of nitrogens with one attached hydrogen (secondary N) is 1. The Hall–Kier alpha value is -3.35. The normalized spacial score (nSPS) is 11.0. The first kappa shape index (κ1) is 22.8. The number of benzene rings is 4. The zero-order valence-corrected chi connectivity index (χ0v) is 19.8. The summed E-state index contributed by atoms with van der Waals surface area (Å²) in [7, 11) is 0. The molecule has 0 unspecified atom stereocenters. The fourth-order valence-corrected chi connectivity index (χ4v) is 3.86. The lowest BCUT2D eigenvalue weighted by atomic mass is 10.0. The van der Waals surface area contributed by atoms with Crippen LogP contribution in [0.1, 0.15) is 11.1 Å². The van der Waals surface area contributed by atoms with Crippen molar-refractivity contribution in [3.8, 4) is 11.5 Å². The van der Waals surface area contributed by atoms with Gasteiger partial charge < -0.3 is 9.47 Å². The maximum Gasteiger partial charge on any atom is 0.277 e. The summed E-state index contributed by atoms with van der Waals surface area (Å²) in [5, 5.41) is 6.69. The van der Waals surface area contributed by atoms with E-state index in [1.54, 1.807) is 30.5 Å². The van der Waals surface area contributed by atoms with E-state index in [4.69, 9.17) is 21.1 Å². The third-order valence-electron chi connectivity index (χ3n) is 4.76. The summed E-state index contributed by atoms with van der Waals surface area (Å²) in [5.74, 6) is 0.795. The summed E-state index contributed by atoms with van der Waals surface area (Å²) in [4.78, 5) is 12.2. The topological polar surface area (TPSA) is 59.9 Å². The molecular weight excluding hydrogens is 504 g/mol. The molecule has 7 heteroatoms. The Morgan fingerprint density at radius 2 is 1.82 bits per heavy atom. The molecule has 33 heavy (non-hydrogen) atoms. The second-order valence-corrected chi connectivity index (χ2v) is 8.51. The molecule has 0 atom stereocenters. The summed E-state index contributed by atoms with van der Waals surface area (Å²) in [6.07, 6.45) is 1.59. The molecule has 0 aliphatic heterocycles. The first-order valence-corrected chi connectivity index (χ1v) is 11.3. The largest absolute Gasteiger partial charge is 0.488 e. The zero-order valence-electron chi connectivity index (χ0n) is 17.5. The quantitative estimate of drug-likeness (QED) is 0.216. The Bertz CT molecular complexity index is 1310. The highest BCUT2D eigenvalue weighted by molar-refractivity contribution is 9.10. The number of halogens is 2. The van der Waals surface area contributed by atoms with Crippen LogP contribution in [0, 0.1) is 0 Å². The fourth-order valence-electron chi connectivity index (χ4n) is 3.23. The van der Waals surface area contributed by atoms with Crippen LogP contribution in [0.25, 0.3) is 10.8 Å². The molecule has 0 saturated heterocycles. The minimum atomic E-state index is -0.386. The lowest BCUT2D eigenvalue weighted by molar-refractivity contribution is -0.123. The van der Waals surface area contributed by atoms with Gasteiger partial charge in [-0.2, -0.15) is 5.10 Å². The number of fused-ring (bicyclic) bond motifs is 1. The van der Waals surface area contributed by atoms with Gasteiger partial charge in [0.1, 0.15) is 18.1 Å². The van der Waals surface area contributed by atoms with Gasteiger partial charge in [0.2, 0.25) is 0 Å². The molecule has 0 heterocycles. The Labute approximate surface area is 205 Å². The molecule has 0 fully saturated rings. The first-order chi connectivity index (χ1) is 16.1. The standard InChI is InChI=1S/C26H20BrClN2O3/c27-20-7-3-5-18(13-20)16-33-25-12-11-19-6-1-2-10-23(19)24(25)15-29-30-26(31)17-32-22-9-4-8-21(28)14-22/h1-15H,16-17H2,(H,30,31)/b29-15-. The van der Waals surface area contributed by atoms with Gasteiger partial charge in [-0.15, -0.1) is 0 Å².